The van der Waals surface area contributed by atoms with Gasteiger partial charge in [-0.3, -0.25) is 0 Å². The number of likely N-dealkylation sites (tertiary alicyclic amines) is 1. The van der Waals surface area contributed by atoms with Crippen LogP contribution in [0.3, 0.4) is 0 Å². The van der Waals surface area contributed by atoms with Crippen molar-refractivity contribution in [3.05, 3.63) is 28.7 Å². The van der Waals surface area contributed by atoms with Gasteiger partial charge in [0.15, 0.2) is 5.96 Å². The van der Waals surface area contributed by atoms with Crippen LogP contribution in [0, 0.1) is 0 Å². The van der Waals surface area contributed by atoms with Gasteiger partial charge in [0.1, 0.15) is 12.4 Å². The molecule has 1 saturated heterocycles. The Labute approximate surface area is 145 Å². The number of benzene rings is 1. The highest BCUT2D eigenvalue weighted by atomic mass is 127. The van der Waals surface area contributed by atoms with Crippen molar-refractivity contribution in [2.24, 2.45) is 10.7 Å². The average molecular weight is 454 g/mol. The third kappa shape index (κ3) is 5.87. The molecule has 1 aromatic rings. The van der Waals surface area contributed by atoms with Crippen molar-refractivity contribution >= 4 is 45.9 Å². The summed E-state index contributed by atoms with van der Waals surface area (Å²) in [5.74, 6) is 1.50. The lowest BCUT2D eigenvalue weighted by Crippen LogP contribution is -2.41. The first-order chi connectivity index (χ1) is 9.25. The van der Waals surface area contributed by atoms with E-state index in [2.05, 4.69) is 25.8 Å². The van der Waals surface area contributed by atoms with Crippen LogP contribution < -0.4 is 10.5 Å². The van der Waals surface area contributed by atoms with E-state index < -0.39 is 0 Å². The lowest BCUT2D eigenvalue weighted by Gasteiger charge is -2.27. The molecule has 0 saturated carbocycles. The lowest BCUT2D eigenvalue weighted by atomic mass is 10.1. The van der Waals surface area contributed by atoms with Crippen LogP contribution in [-0.2, 0) is 0 Å². The van der Waals surface area contributed by atoms with E-state index in [4.69, 9.17) is 10.5 Å². The molecule has 0 aliphatic carbocycles. The highest BCUT2D eigenvalue weighted by molar-refractivity contribution is 14.0. The molecule has 1 heterocycles. The summed E-state index contributed by atoms with van der Waals surface area (Å²) in [6.07, 6.45) is 3.73. The van der Waals surface area contributed by atoms with Gasteiger partial charge in [-0.15, -0.1) is 24.0 Å². The molecule has 0 amide bonds. The highest BCUT2D eigenvalue weighted by Crippen LogP contribution is 2.17. The first-order valence-corrected chi connectivity index (χ1v) is 7.48. The second-order valence-corrected chi connectivity index (χ2v) is 5.51. The van der Waals surface area contributed by atoms with Crippen LogP contribution >= 0.6 is 39.9 Å². The number of ether oxygens (including phenoxy) is 1. The summed E-state index contributed by atoms with van der Waals surface area (Å²) in [6.45, 7) is 3.20. The number of hydrogen-bond donors (Lipinski definition) is 1. The third-order valence-electron chi connectivity index (χ3n) is 3.11. The van der Waals surface area contributed by atoms with Crippen LogP contribution in [0.5, 0.6) is 5.75 Å². The zero-order chi connectivity index (χ0) is 13.5. The summed E-state index contributed by atoms with van der Waals surface area (Å²) in [6, 6.07) is 7.80. The molecule has 2 N–H and O–H groups in total. The normalized spacial score (nSPS) is 15.7. The fourth-order valence-electron chi connectivity index (χ4n) is 2.10. The average Bonchev–Trinajstić information content (AvgIpc) is 2.44. The van der Waals surface area contributed by atoms with Crippen molar-refractivity contribution in [1.82, 2.24) is 4.90 Å². The predicted octanol–water partition coefficient (Wildman–Crippen LogP) is 3.25. The Morgan fingerprint density at radius 2 is 2.05 bits per heavy atom. The van der Waals surface area contributed by atoms with Gasteiger partial charge in [0.2, 0.25) is 0 Å². The second-order valence-electron chi connectivity index (χ2n) is 4.59. The van der Waals surface area contributed by atoms with E-state index in [1.807, 2.05) is 24.3 Å². The van der Waals surface area contributed by atoms with Crippen molar-refractivity contribution in [1.29, 1.82) is 0 Å². The van der Waals surface area contributed by atoms with Gasteiger partial charge in [0, 0.05) is 17.6 Å². The summed E-state index contributed by atoms with van der Waals surface area (Å²) in [5.41, 5.74) is 5.96. The zero-order valence-corrected chi connectivity index (χ0v) is 15.3. The Kier molecular flexibility index (Phi) is 8.28. The summed E-state index contributed by atoms with van der Waals surface area (Å²) in [4.78, 5) is 6.52. The van der Waals surface area contributed by atoms with E-state index in [1.54, 1.807) is 0 Å². The number of piperidine rings is 1. The number of hydrogen-bond acceptors (Lipinski definition) is 2. The Morgan fingerprint density at radius 3 is 2.75 bits per heavy atom. The Hall–Kier alpha value is -0.500. The van der Waals surface area contributed by atoms with Crippen LogP contribution in [0.4, 0.5) is 0 Å². The molecular weight excluding hydrogens is 433 g/mol. The molecule has 2 rings (SSSR count). The van der Waals surface area contributed by atoms with Gasteiger partial charge < -0.3 is 15.4 Å². The molecule has 0 atom stereocenters. The lowest BCUT2D eigenvalue weighted by molar-refractivity contribution is 0.321. The molecule has 0 aromatic heterocycles. The second kappa shape index (κ2) is 9.44. The van der Waals surface area contributed by atoms with Gasteiger partial charge in [-0.25, -0.2) is 4.99 Å². The minimum absolute atomic E-state index is 0. The topological polar surface area (TPSA) is 50.9 Å². The molecule has 20 heavy (non-hydrogen) atoms. The minimum atomic E-state index is 0. The summed E-state index contributed by atoms with van der Waals surface area (Å²) >= 11 is 3.41. The largest absolute Gasteiger partial charge is 0.492 e. The summed E-state index contributed by atoms with van der Waals surface area (Å²) in [5, 5.41) is 0. The monoisotopic (exact) mass is 453 g/mol. The molecule has 1 aliphatic heterocycles. The van der Waals surface area contributed by atoms with E-state index in [0.717, 1.165) is 23.3 Å². The number of aliphatic imine (C=N–C) groups is 1. The highest BCUT2D eigenvalue weighted by Gasteiger charge is 2.11. The molecule has 0 spiro atoms. The Balaban J connectivity index is 0.00000200. The number of rotatable bonds is 4. The molecule has 0 unspecified atom stereocenters. The molecular formula is C14H21BrIN3O. The van der Waals surface area contributed by atoms with Gasteiger partial charge >= 0.3 is 0 Å². The smallest absolute Gasteiger partial charge is 0.191 e. The molecule has 0 radical (unpaired) electrons. The molecule has 4 nitrogen and oxygen atoms in total. The van der Waals surface area contributed by atoms with Gasteiger partial charge in [-0.05, 0) is 37.5 Å². The zero-order valence-electron chi connectivity index (χ0n) is 11.4. The van der Waals surface area contributed by atoms with Crippen LogP contribution in [0.25, 0.3) is 0 Å². The molecule has 1 aliphatic rings. The summed E-state index contributed by atoms with van der Waals surface area (Å²) < 4.78 is 6.63. The predicted molar refractivity (Wildman–Crippen MR) is 97.0 cm³/mol. The van der Waals surface area contributed by atoms with Crippen LogP contribution in [-0.4, -0.2) is 37.1 Å². The maximum absolute atomic E-state index is 5.96. The van der Waals surface area contributed by atoms with Crippen molar-refractivity contribution < 1.29 is 4.74 Å². The Bertz CT molecular complexity index is 436. The van der Waals surface area contributed by atoms with Crippen LogP contribution in [0.2, 0.25) is 0 Å². The van der Waals surface area contributed by atoms with Crippen molar-refractivity contribution in [3.8, 4) is 5.75 Å². The Morgan fingerprint density at radius 1 is 1.30 bits per heavy atom. The van der Waals surface area contributed by atoms with Crippen LogP contribution in [0.15, 0.2) is 33.7 Å². The number of guanidine groups is 1. The number of nitrogens with two attached hydrogens (primary N) is 1. The number of nitrogens with zero attached hydrogens (tertiary/aromatic N) is 2. The van der Waals surface area contributed by atoms with Gasteiger partial charge in [0.25, 0.3) is 0 Å². The molecule has 1 fully saturated rings. The molecule has 0 bridgehead atoms. The van der Waals surface area contributed by atoms with Gasteiger partial charge in [-0.1, -0.05) is 22.0 Å². The fraction of sp³-hybridized carbons (Fsp3) is 0.500. The van der Waals surface area contributed by atoms with E-state index in [0.29, 0.717) is 19.1 Å². The maximum atomic E-state index is 5.96. The van der Waals surface area contributed by atoms with E-state index >= 15 is 0 Å². The van der Waals surface area contributed by atoms with Crippen molar-refractivity contribution in [2.45, 2.75) is 19.3 Å². The SMILES string of the molecule is I.NC(=NCCOc1cccc(Br)c1)N1CCCCC1. The standard InChI is InChI=1S/C14H20BrN3O.HI/c15-12-5-4-6-13(11-12)19-10-7-17-14(16)18-8-2-1-3-9-18;/h4-6,11H,1-3,7-10H2,(H2,16,17);1H. The summed E-state index contributed by atoms with van der Waals surface area (Å²) in [7, 11) is 0. The molecule has 1 aromatic carbocycles. The quantitative estimate of drug-likeness (QED) is 0.329. The molecule has 6 heteroatoms. The first-order valence-electron chi connectivity index (χ1n) is 6.69. The minimum Gasteiger partial charge on any atom is -0.492 e. The molecule has 112 valence electrons. The maximum Gasteiger partial charge on any atom is 0.191 e. The van der Waals surface area contributed by atoms with E-state index in [9.17, 15) is 0 Å². The van der Waals surface area contributed by atoms with Crippen molar-refractivity contribution in [3.63, 3.8) is 0 Å². The van der Waals surface area contributed by atoms with E-state index in [1.165, 1.54) is 19.3 Å². The first kappa shape index (κ1) is 17.6. The van der Waals surface area contributed by atoms with E-state index in [-0.39, 0.29) is 24.0 Å². The fourth-order valence-corrected chi connectivity index (χ4v) is 2.48. The van der Waals surface area contributed by atoms with Crippen LogP contribution in [0.1, 0.15) is 19.3 Å². The van der Waals surface area contributed by atoms with Gasteiger partial charge in [0.05, 0.1) is 6.54 Å². The van der Waals surface area contributed by atoms with Gasteiger partial charge in [-0.2, -0.15) is 0 Å². The third-order valence-corrected chi connectivity index (χ3v) is 3.60. The number of halogens is 2. The van der Waals surface area contributed by atoms with Crippen molar-refractivity contribution in [2.75, 3.05) is 26.2 Å².